The lowest BCUT2D eigenvalue weighted by Gasteiger charge is -2.04. The average Bonchev–Trinajstić information content (AvgIpc) is 2.71. The number of phenolic OH excluding ortho intramolecular Hbond substituents is 1. The minimum absolute atomic E-state index is 0.0583. The number of benzene rings is 2. The lowest BCUT2D eigenvalue weighted by molar-refractivity contribution is 0.475. The van der Waals surface area contributed by atoms with Crippen LogP contribution in [0.15, 0.2) is 36.4 Å². The maximum atomic E-state index is 13.2. The van der Waals surface area contributed by atoms with Gasteiger partial charge < -0.3 is 10.1 Å². The van der Waals surface area contributed by atoms with Crippen LogP contribution in [0, 0.1) is 12.7 Å². The summed E-state index contributed by atoms with van der Waals surface area (Å²) >= 11 is 0. The normalized spacial score (nSPS) is 11.0. The van der Waals surface area contributed by atoms with Crippen molar-refractivity contribution in [2.75, 3.05) is 0 Å². The predicted octanol–water partition coefficient (Wildman–Crippen LogP) is 3.38. The third-order valence-electron chi connectivity index (χ3n) is 2.87. The Hall–Kier alpha value is -2.36. The number of H-pyrrole nitrogens is 1. The van der Waals surface area contributed by atoms with E-state index in [2.05, 4.69) is 9.97 Å². The van der Waals surface area contributed by atoms with Gasteiger partial charge in [0.25, 0.3) is 0 Å². The topological polar surface area (TPSA) is 48.9 Å². The van der Waals surface area contributed by atoms with E-state index >= 15 is 0 Å². The number of rotatable bonds is 1. The summed E-state index contributed by atoms with van der Waals surface area (Å²) < 4.78 is 13.2. The van der Waals surface area contributed by atoms with Gasteiger partial charge in [-0.2, -0.15) is 0 Å². The van der Waals surface area contributed by atoms with Crippen LogP contribution in [0.1, 0.15) is 5.82 Å². The molecule has 0 amide bonds. The second-order valence-corrected chi connectivity index (χ2v) is 4.22. The van der Waals surface area contributed by atoms with Crippen molar-refractivity contribution < 1.29 is 9.50 Å². The van der Waals surface area contributed by atoms with E-state index in [1.807, 2.05) is 25.1 Å². The van der Waals surface area contributed by atoms with Crippen molar-refractivity contribution in [2.24, 2.45) is 0 Å². The highest BCUT2D eigenvalue weighted by atomic mass is 19.1. The van der Waals surface area contributed by atoms with Gasteiger partial charge in [0.2, 0.25) is 0 Å². The van der Waals surface area contributed by atoms with E-state index in [0.29, 0.717) is 5.56 Å². The molecule has 3 rings (SSSR count). The molecule has 0 bridgehead atoms. The third kappa shape index (κ3) is 1.72. The molecule has 3 aromatic rings. The summed E-state index contributed by atoms with van der Waals surface area (Å²) in [6.45, 7) is 1.87. The number of nitrogens with one attached hydrogen (secondary N) is 1. The van der Waals surface area contributed by atoms with Gasteiger partial charge in [-0.1, -0.05) is 6.07 Å². The lowest BCUT2D eigenvalue weighted by Crippen LogP contribution is -1.82. The number of phenols is 1. The van der Waals surface area contributed by atoms with Crippen molar-refractivity contribution in [3.8, 4) is 16.9 Å². The summed E-state index contributed by atoms with van der Waals surface area (Å²) in [5, 5.41) is 9.77. The average molecular weight is 242 g/mol. The van der Waals surface area contributed by atoms with Gasteiger partial charge in [-0.15, -0.1) is 0 Å². The predicted molar refractivity (Wildman–Crippen MR) is 67.9 cm³/mol. The molecule has 1 aromatic heterocycles. The molecule has 0 atom stereocenters. The molecule has 0 spiro atoms. The highest BCUT2D eigenvalue weighted by molar-refractivity contribution is 5.83. The van der Waals surface area contributed by atoms with Crippen molar-refractivity contribution in [3.63, 3.8) is 0 Å². The number of imidazole rings is 1. The fourth-order valence-corrected chi connectivity index (χ4v) is 2.04. The Morgan fingerprint density at radius 1 is 1.17 bits per heavy atom. The zero-order valence-electron chi connectivity index (χ0n) is 9.74. The summed E-state index contributed by atoms with van der Waals surface area (Å²) in [4.78, 5) is 7.44. The zero-order chi connectivity index (χ0) is 12.7. The first kappa shape index (κ1) is 10.8. The minimum Gasteiger partial charge on any atom is -0.507 e. The molecule has 2 aromatic carbocycles. The molecule has 18 heavy (non-hydrogen) atoms. The van der Waals surface area contributed by atoms with Crippen molar-refractivity contribution in [2.45, 2.75) is 6.92 Å². The summed E-state index contributed by atoms with van der Waals surface area (Å²) in [5.74, 6) is 0.509. The van der Waals surface area contributed by atoms with Crippen molar-refractivity contribution in [1.29, 1.82) is 0 Å². The second kappa shape index (κ2) is 3.84. The molecule has 0 aliphatic heterocycles. The minimum atomic E-state index is -0.374. The molecular weight excluding hydrogens is 231 g/mol. The van der Waals surface area contributed by atoms with Crippen LogP contribution in [0.3, 0.4) is 0 Å². The van der Waals surface area contributed by atoms with Gasteiger partial charge in [-0.3, -0.25) is 0 Å². The van der Waals surface area contributed by atoms with E-state index in [-0.39, 0.29) is 11.6 Å². The maximum Gasteiger partial charge on any atom is 0.124 e. The molecule has 0 saturated heterocycles. The largest absolute Gasteiger partial charge is 0.507 e. The molecule has 0 radical (unpaired) electrons. The summed E-state index contributed by atoms with van der Waals surface area (Å²) in [6, 6.07) is 9.42. The van der Waals surface area contributed by atoms with Crippen LogP contribution in [0.4, 0.5) is 4.39 Å². The van der Waals surface area contributed by atoms with Gasteiger partial charge in [0.05, 0.1) is 11.0 Å². The number of aromatic amines is 1. The molecule has 0 aliphatic rings. The number of hydrogen-bond acceptors (Lipinski definition) is 2. The molecule has 0 unspecified atom stereocenters. The molecule has 3 nitrogen and oxygen atoms in total. The summed E-state index contributed by atoms with van der Waals surface area (Å²) in [7, 11) is 0. The van der Waals surface area contributed by atoms with Crippen LogP contribution in [0.2, 0.25) is 0 Å². The van der Waals surface area contributed by atoms with Gasteiger partial charge >= 0.3 is 0 Å². The Morgan fingerprint density at radius 3 is 2.83 bits per heavy atom. The number of aryl methyl sites for hydroxylation is 1. The Bertz CT molecular complexity index is 734. The Kier molecular flexibility index (Phi) is 2.30. The van der Waals surface area contributed by atoms with Gasteiger partial charge in [0.15, 0.2) is 0 Å². The fourth-order valence-electron chi connectivity index (χ4n) is 2.04. The standard InChI is InChI=1S/C14H11FN2O/c1-8-16-12-4-2-9(6-13(12)17-8)11-7-10(15)3-5-14(11)18/h2-7,18H,1H3,(H,16,17). The van der Waals surface area contributed by atoms with Crippen LogP contribution in [-0.2, 0) is 0 Å². The summed E-state index contributed by atoms with van der Waals surface area (Å²) in [5.41, 5.74) is 2.93. The summed E-state index contributed by atoms with van der Waals surface area (Å²) in [6.07, 6.45) is 0. The smallest absolute Gasteiger partial charge is 0.124 e. The molecule has 0 fully saturated rings. The van der Waals surface area contributed by atoms with Gasteiger partial charge in [0, 0.05) is 5.56 Å². The highest BCUT2D eigenvalue weighted by Gasteiger charge is 2.08. The van der Waals surface area contributed by atoms with E-state index in [1.54, 1.807) is 0 Å². The van der Waals surface area contributed by atoms with Crippen molar-refractivity contribution in [1.82, 2.24) is 9.97 Å². The molecule has 4 heteroatoms. The number of halogens is 1. The van der Waals surface area contributed by atoms with E-state index in [9.17, 15) is 9.50 Å². The molecular formula is C14H11FN2O. The number of aromatic hydroxyl groups is 1. The number of aromatic nitrogens is 2. The first-order chi connectivity index (χ1) is 8.63. The number of fused-ring (bicyclic) bond motifs is 1. The van der Waals surface area contributed by atoms with Crippen molar-refractivity contribution in [3.05, 3.63) is 48.0 Å². The quantitative estimate of drug-likeness (QED) is 0.687. The van der Waals surface area contributed by atoms with E-state index in [0.717, 1.165) is 22.4 Å². The fraction of sp³-hybridized carbons (Fsp3) is 0.0714. The molecule has 2 N–H and O–H groups in total. The van der Waals surface area contributed by atoms with Crippen LogP contribution >= 0.6 is 0 Å². The SMILES string of the molecule is Cc1nc2cc(-c3cc(F)ccc3O)ccc2[nH]1. The second-order valence-electron chi connectivity index (χ2n) is 4.22. The van der Waals surface area contributed by atoms with Gasteiger partial charge in [0.1, 0.15) is 17.4 Å². The third-order valence-corrected chi connectivity index (χ3v) is 2.87. The van der Waals surface area contributed by atoms with Gasteiger partial charge in [-0.25, -0.2) is 9.37 Å². The van der Waals surface area contributed by atoms with Crippen LogP contribution in [-0.4, -0.2) is 15.1 Å². The first-order valence-electron chi connectivity index (χ1n) is 5.59. The molecule has 1 heterocycles. The Labute approximate surface area is 103 Å². The van der Waals surface area contributed by atoms with Gasteiger partial charge in [-0.05, 0) is 42.8 Å². The highest BCUT2D eigenvalue weighted by Crippen LogP contribution is 2.31. The van der Waals surface area contributed by atoms with Crippen LogP contribution in [0.25, 0.3) is 22.2 Å². The molecule has 90 valence electrons. The van der Waals surface area contributed by atoms with Crippen LogP contribution < -0.4 is 0 Å². The monoisotopic (exact) mass is 242 g/mol. The maximum absolute atomic E-state index is 13.2. The number of nitrogens with zero attached hydrogens (tertiary/aromatic N) is 1. The van der Waals surface area contributed by atoms with E-state index in [4.69, 9.17) is 0 Å². The zero-order valence-corrected chi connectivity index (χ0v) is 9.74. The van der Waals surface area contributed by atoms with Crippen LogP contribution in [0.5, 0.6) is 5.75 Å². The van der Waals surface area contributed by atoms with Crippen molar-refractivity contribution >= 4 is 11.0 Å². The van der Waals surface area contributed by atoms with E-state index in [1.165, 1.54) is 18.2 Å². The molecule has 0 aliphatic carbocycles. The number of hydrogen-bond donors (Lipinski definition) is 2. The van der Waals surface area contributed by atoms with E-state index < -0.39 is 0 Å². The first-order valence-corrected chi connectivity index (χ1v) is 5.59. The Balaban J connectivity index is 2.21. The molecule has 0 saturated carbocycles. The lowest BCUT2D eigenvalue weighted by atomic mass is 10.0. The Morgan fingerprint density at radius 2 is 2.00 bits per heavy atom.